The van der Waals surface area contributed by atoms with Crippen molar-refractivity contribution in [3.63, 3.8) is 0 Å². The zero-order valence-electron chi connectivity index (χ0n) is 18.7. The van der Waals surface area contributed by atoms with Gasteiger partial charge >= 0.3 is 0 Å². The van der Waals surface area contributed by atoms with E-state index in [1.165, 1.54) is 37.2 Å². The Morgan fingerprint density at radius 2 is 2.11 bits per heavy atom. The SMILES string of the molecule is CCNC(=NCCCN1CCCC(C)C1)NC(C)Cc1c(C)nn(C)c1C.I. The molecule has 0 spiro atoms. The normalized spacial score (nSPS) is 19.2. The van der Waals surface area contributed by atoms with Crippen LogP contribution < -0.4 is 10.6 Å². The molecule has 0 aliphatic carbocycles. The summed E-state index contributed by atoms with van der Waals surface area (Å²) < 4.78 is 1.97. The minimum atomic E-state index is 0. The number of aromatic nitrogens is 2. The molecular weight excluding hydrogens is 463 g/mol. The zero-order chi connectivity index (χ0) is 19.8. The Balaban J connectivity index is 0.00000392. The number of guanidine groups is 1. The largest absolute Gasteiger partial charge is 0.357 e. The molecule has 2 unspecified atom stereocenters. The first-order chi connectivity index (χ1) is 12.9. The minimum Gasteiger partial charge on any atom is -0.357 e. The molecule has 0 aromatic carbocycles. The number of halogens is 1. The van der Waals surface area contributed by atoms with Gasteiger partial charge in [0.2, 0.25) is 0 Å². The van der Waals surface area contributed by atoms with Crippen molar-refractivity contribution in [3.8, 4) is 0 Å². The lowest BCUT2D eigenvalue weighted by Crippen LogP contribution is -2.43. The molecule has 2 atom stereocenters. The van der Waals surface area contributed by atoms with Crippen LogP contribution in [-0.4, -0.2) is 59.4 Å². The number of nitrogens with zero attached hydrogens (tertiary/aromatic N) is 4. The Morgan fingerprint density at radius 1 is 1.36 bits per heavy atom. The van der Waals surface area contributed by atoms with E-state index in [1.54, 1.807) is 0 Å². The molecule has 1 aromatic heterocycles. The number of hydrogen-bond donors (Lipinski definition) is 2. The Labute approximate surface area is 189 Å². The van der Waals surface area contributed by atoms with Crippen LogP contribution in [0.25, 0.3) is 0 Å². The van der Waals surface area contributed by atoms with Gasteiger partial charge in [0.05, 0.1) is 5.69 Å². The molecule has 1 fully saturated rings. The van der Waals surface area contributed by atoms with E-state index < -0.39 is 0 Å². The van der Waals surface area contributed by atoms with Crippen LogP contribution >= 0.6 is 24.0 Å². The molecule has 1 aromatic rings. The third kappa shape index (κ3) is 7.89. The van der Waals surface area contributed by atoms with Crippen molar-refractivity contribution in [1.29, 1.82) is 0 Å². The highest BCUT2D eigenvalue weighted by Crippen LogP contribution is 2.15. The molecule has 0 amide bonds. The molecule has 0 saturated carbocycles. The number of nitrogens with one attached hydrogen (secondary N) is 2. The van der Waals surface area contributed by atoms with Crippen LogP contribution in [0, 0.1) is 19.8 Å². The van der Waals surface area contributed by atoms with Gasteiger partial charge in [-0.1, -0.05) is 6.92 Å². The Morgan fingerprint density at radius 3 is 2.71 bits per heavy atom. The van der Waals surface area contributed by atoms with Gasteiger partial charge in [-0.15, -0.1) is 24.0 Å². The second-order valence-electron chi connectivity index (χ2n) is 8.18. The molecule has 1 saturated heterocycles. The summed E-state index contributed by atoms with van der Waals surface area (Å²) in [5.74, 6) is 1.78. The number of likely N-dealkylation sites (tertiary alicyclic amines) is 1. The van der Waals surface area contributed by atoms with Crippen molar-refractivity contribution in [2.24, 2.45) is 18.0 Å². The van der Waals surface area contributed by atoms with Gasteiger partial charge in [-0.2, -0.15) is 5.10 Å². The number of rotatable bonds is 8. The Bertz CT molecular complexity index is 612. The molecule has 2 heterocycles. The Hall–Kier alpha value is -0.830. The first kappa shape index (κ1) is 25.2. The lowest BCUT2D eigenvalue weighted by molar-refractivity contribution is 0.183. The number of piperidine rings is 1. The van der Waals surface area contributed by atoms with Gasteiger partial charge in [0.15, 0.2) is 5.96 Å². The standard InChI is InChI=1S/C21H40N6.HI/c1-7-22-21(23-11-9-13-27-12-8-10-16(2)15-27)24-17(3)14-20-18(4)25-26(6)19(20)5;/h16-17H,7-15H2,1-6H3,(H2,22,23,24);1H. The number of aryl methyl sites for hydroxylation is 2. The van der Waals surface area contributed by atoms with E-state index >= 15 is 0 Å². The average molecular weight is 505 g/mol. The monoisotopic (exact) mass is 504 g/mol. The molecular formula is C21H41IN6. The number of aliphatic imine (C=N–C) groups is 1. The fourth-order valence-corrected chi connectivity index (χ4v) is 4.00. The summed E-state index contributed by atoms with van der Waals surface area (Å²) in [7, 11) is 2.01. The molecule has 1 aliphatic rings. The molecule has 0 radical (unpaired) electrons. The van der Waals surface area contributed by atoms with Crippen LogP contribution in [-0.2, 0) is 13.5 Å². The van der Waals surface area contributed by atoms with Gasteiger partial charge in [-0.05, 0) is 77.9 Å². The summed E-state index contributed by atoms with van der Waals surface area (Å²) in [4.78, 5) is 7.39. The molecule has 2 N–H and O–H groups in total. The lowest BCUT2D eigenvalue weighted by atomic mass is 10.0. The van der Waals surface area contributed by atoms with Crippen LogP contribution in [0.5, 0.6) is 0 Å². The molecule has 0 bridgehead atoms. The smallest absolute Gasteiger partial charge is 0.191 e. The van der Waals surface area contributed by atoms with Crippen molar-refractivity contribution < 1.29 is 0 Å². The van der Waals surface area contributed by atoms with Crippen LogP contribution in [0.2, 0.25) is 0 Å². The van der Waals surface area contributed by atoms with Gasteiger partial charge in [0, 0.05) is 38.4 Å². The van der Waals surface area contributed by atoms with Crippen molar-refractivity contribution in [3.05, 3.63) is 17.0 Å². The highest BCUT2D eigenvalue weighted by molar-refractivity contribution is 14.0. The maximum atomic E-state index is 4.80. The maximum Gasteiger partial charge on any atom is 0.191 e. The molecule has 6 nitrogen and oxygen atoms in total. The summed E-state index contributed by atoms with van der Waals surface area (Å²) in [6, 6.07) is 0.312. The third-order valence-corrected chi connectivity index (χ3v) is 5.54. The number of hydrogen-bond acceptors (Lipinski definition) is 3. The average Bonchev–Trinajstić information content (AvgIpc) is 2.85. The van der Waals surface area contributed by atoms with Gasteiger partial charge in [-0.25, -0.2) is 0 Å². The quantitative estimate of drug-likeness (QED) is 0.247. The van der Waals surface area contributed by atoms with E-state index in [1.807, 2.05) is 11.7 Å². The fourth-order valence-electron chi connectivity index (χ4n) is 4.00. The maximum absolute atomic E-state index is 4.80. The van der Waals surface area contributed by atoms with E-state index in [-0.39, 0.29) is 24.0 Å². The zero-order valence-corrected chi connectivity index (χ0v) is 21.0. The first-order valence-electron chi connectivity index (χ1n) is 10.7. The molecule has 1 aliphatic heterocycles. The van der Waals surface area contributed by atoms with E-state index in [0.29, 0.717) is 6.04 Å². The van der Waals surface area contributed by atoms with Gasteiger partial charge < -0.3 is 15.5 Å². The molecule has 162 valence electrons. The Kier molecular flexibility index (Phi) is 11.4. The van der Waals surface area contributed by atoms with Crippen LogP contribution in [0.1, 0.15) is 57.0 Å². The fraction of sp³-hybridized carbons (Fsp3) is 0.810. The topological polar surface area (TPSA) is 57.5 Å². The summed E-state index contributed by atoms with van der Waals surface area (Å²) in [5, 5.41) is 11.5. The highest BCUT2D eigenvalue weighted by atomic mass is 127. The van der Waals surface area contributed by atoms with E-state index in [4.69, 9.17) is 4.99 Å². The summed E-state index contributed by atoms with van der Waals surface area (Å²) in [6.45, 7) is 16.4. The van der Waals surface area contributed by atoms with Crippen LogP contribution in [0.3, 0.4) is 0 Å². The second-order valence-corrected chi connectivity index (χ2v) is 8.18. The van der Waals surface area contributed by atoms with E-state index in [9.17, 15) is 0 Å². The van der Waals surface area contributed by atoms with Crippen molar-refractivity contribution in [2.75, 3.05) is 32.7 Å². The summed E-state index contributed by atoms with van der Waals surface area (Å²) >= 11 is 0. The van der Waals surface area contributed by atoms with E-state index in [0.717, 1.165) is 50.0 Å². The van der Waals surface area contributed by atoms with Gasteiger partial charge in [-0.3, -0.25) is 9.67 Å². The summed E-state index contributed by atoms with van der Waals surface area (Å²) in [6.07, 6.45) is 4.82. The molecule has 28 heavy (non-hydrogen) atoms. The predicted octanol–water partition coefficient (Wildman–Crippen LogP) is 3.26. The third-order valence-electron chi connectivity index (χ3n) is 5.54. The van der Waals surface area contributed by atoms with Crippen molar-refractivity contribution in [2.45, 2.75) is 66.3 Å². The molecule has 7 heteroatoms. The van der Waals surface area contributed by atoms with Crippen LogP contribution in [0.15, 0.2) is 4.99 Å². The highest BCUT2D eigenvalue weighted by Gasteiger charge is 2.16. The van der Waals surface area contributed by atoms with Gasteiger partial charge in [0.25, 0.3) is 0 Å². The predicted molar refractivity (Wildman–Crippen MR) is 130 cm³/mol. The van der Waals surface area contributed by atoms with Crippen molar-refractivity contribution >= 4 is 29.9 Å². The van der Waals surface area contributed by atoms with Crippen molar-refractivity contribution in [1.82, 2.24) is 25.3 Å². The molecule has 2 rings (SSSR count). The lowest BCUT2D eigenvalue weighted by Gasteiger charge is -2.30. The van der Waals surface area contributed by atoms with E-state index in [2.05, 4.69) is 55.3 Å². The van der Waals surface area contributed by atoms with Crippen LogP contribution in [0.4, 0.5) is 0 Å². The summed E-state index contributed by atoms with van der Waals surface area (Å²) in [5.41, 5.74) is 3.72. The second kappa shape index (κ2) is 12.7. The first-order valence-corrected chi connectivity index (χ1v) is 10.7. The minimum absolute atomic E-state index is 0. The van der Waals surface area contributed by atoms with Gasteiger partial charge in [0.1, 0.15) is 0 Å².